The number of hydrazine groups is 1. The highest BCUT2D eigenvalue weighted by Gasteiger charge is 2.33. The van der Waals surface area contributed by atoms with Crippen LogP contribution in [0.1, 0.15) is 12.8 Å². The van der Waals surface area contributed by atoms with Crippen LogP contribution in [0.5, 0.6) is 0 Å². The molecule has 76 valence electrons. The Hall–Kier alpha value is -0.160. The largest absolute Gasteiger partial charge is 0.381 e. The van der Waals surface area contributed by atoms with Crippen LogP contribution >= 0.6 is 0 Å². The predicted molar refractivity (Wildman–Crippen MR) is 49.0 cm³/mol. The first-order valence-corrected chi connectivity index (χ1v) is 5.03. The Kier molecular flexibility index (Phi) is 3.16. The maximum absolute atomic E-state index is 5.57. The normalized spacial score (nSPS) is 36.7. The number of hydrogen-bond acceptors (Lipinski definition) is 4. The number of nitrogens with two attached hydrogens (primary N) is 1. The monoisotopic (exact) mass is 186 g/mol. The van der Waals surface area contributed by atoms with Crippen LogP contribution in [0, 0.1) is 11.8 Å². The molecule has 0 amide bonds. The van der Waals surface area contributed by atoms with Crippen molar-refractivity contribution in [3.8, 4) is 0 Å². The lowest BCUT2D eigenvalue weighted by molar-refractivity contribution is 0.147. The van der Waals surface area contributed by atoms with E-state index in [1.807, 2.05) is 0 Å². The molecule has 0 aromatic heterocycles. The van der Waals surface area contributed by atoms with Gasteiger partial charge in [0.25, 0.3) is 0 Å². The number of nitrogens with one attached hydrogen (secondary N) is 1. The lowest BCUT2D eigenvalue weighted by Crippen LogP contribution is -2.46. The molecule has 0 radical (unpaired) electrons. The Morgan fingerprint density at radius 3 is 1.92 bits per heavy atom. The van der Waals surface area contributed by atoms with Gasteiger partial charge in [0.15, 0.2) is 0 Å². The molecule has 3 N–H and O–H groups in total. The third-order valence-electron chi connectivity index (χ3n) is 3.14. The fraction of sp³-hybridized carbons (Fsp3) is 1.00. The van der Waals surface area contributed by atoms with Crippen LogP contribution in [0.3, 0.4) is 0 Å². The maximum Gasteiger partial charge on any atom is 0.0510 e. The molecule has 2 aliphatic heterocycles. The molecule has 0 saturated carbocycles. The highest BCUT2D eigenvalue weighted by atomic mass is 16.5. The van der Waals surface area contributed by atoms with Crippen LogP contribution in [0.4, 0.5) is 0 Å². The average molecular weight is 186 g/mol. The maximum atomic E-state index is 5.57. The standard InChI is InChI=1S/C9H18N2O2/c10-11-9(7-1-3-12-5-7)8-2-4-13-6-8/h7-9,11H,1-6,10H2. The van der Waals surface area contributed by atoms with Crippen LogP contribution in [0.15, 0.2) is 0 Å². The van der Waals surface area contributed by atoms with Crippen molar-refractivity contribution in [1.29, 1.82) is 0 Å². The number of rotatable bonds is 3. The van der Waals surface area contributed by atoms with Crippen molar-refractivity contribution in [2.75, 3.05) is 26.4 Å². The van der Waals surface area contributed by atoms with Gasteiger partial charge in [-0.2, -0.15) is 0 Å². The molecular formula is C9H18N2O2. The zero-order valence-electron chi connectivity index (χ0n) is 7.87. The Labute approximate surface area is 78.7 Å². The van der Waals surface area contributed by atoms with E-state index < -0.39 is 0 Å². The van der Waals surface area contributed by atoms with E-state index >= 15 is 0 Å². The highest BCUT2D eigenvalue weighted by Crippen LogP contribution is 2.26. The Morgan fingerprint density at radius 2 is 1.62 bits per heavy atom. The summed E-state index contributed by atoms with van der Waals surface area (Å²) in [5, 5.41) is 0. The van der Waals surface area contributed by atoms with Crippen LogP contribution in [-0.4, -0.2) is 32.5 Å². The second kappa shape index (κ2) is 4.37. The molecule has 0 bridgehead atoms. The summed E-state index contributed by atoms with van der Waals surface area (Å²) in [5.41, 5.74) is 2.93. The van der Waals surface area contributed by atoms with Crippen molar-refractivity contribution >= 4 is 0 Å². The summed E-state index contributed by atoms with van der Waals surface area (Å²) in [6.07, 6.45) is 2.26. The topological polar surface area (TPSA) is 56.5 Å². The molecule has 0 aromatic rings. The van der Waals surface area contributed by atoms with Gasteiger partial charge < -0.3 is 9.47 Å². The predicted octanol–water partition coefficient (Wildman–Crippen LogP) is -0.109. The minimum absolute atomic E-state index is 0.380. The summed E-state index contributed by atoms with van der Waals surface area (Å²) in [7, 11) is 0. The first-order chi connectivity index (χ1) is 6.42. The molecule has 2 aliphatic rings. The molecule has 0 aromatic carbocycles. The SMILES string of the molecule is NNC(C1CCOC1)C1CCOC1. The van der Waals surface area contributed by atoms with Gasteiger partial charge in [-0.25, -0.2) is 0 Å². The van der Waals surface area contributed by atoms with Gasteiger partial charge in [0.1, 0.15) is 0 Å². The van der Waals surface area contributed by atoms with Crippen molar-refractivity contribution in [2.45, 2.75) is 18.9 Å². The van der Waals surface area contributed by atoms with Gasteiger partial charge in [0, 0.05) is 31.1 Å². The molecule has 0 spiro atoms. The molecule has 2 heterocycles. The first-order valence-electron chi connectivity index (χ1n) is 5.03. The van der Waals surface area contributed by atoms with Gasteiger partial charge >= 0.3 is 0 Å². The van der Waals surface area contributed by atoms with E-state index in [4.69, 9.17) is 15.3 Å². The molecule has 4 heteroatoms. The molecule has 2 atom stereocenters. The third-order valence-corrected chi connectivity index (χ3v) is 3.14. The highest BCUT2D eigenvalue weighted by molar-refractivity contribution is 4.85. The van der Waals surface area contributed by atoms with E-state index in [2.05, 4.69) is 5.43 Å². The Balaban J connectivity index is 1.90. The third kappa shape index (κ3) is 2.02. The number of hydrogen-bond donors (Lipinski definition) is 2. The fourth-order valence-electron chi connectivity index (χ4n) is 2.33. The first kappa shape index (κ1) is 9.40. The van der Waals surface area contributed by atoms with Crippen molar-refractivity contribution in [1.82, 2.24) is 5.43 Å². The van der Waals surface area contributed by atoms with E-state index in [1.165, 1.54) is 0 Å². The van der Waals surface area contributed by atoms with Crippen LogP contribution in [0.2, 0.25) is 0 Å². The summed E-state index contributed by atoms with van der Waals surface area (Å²) >= 11 is 0. The minimum atomic E-state index is 0.380. The van der Waals surface area contributed by atoms with Gasteiger partial charge in [0.2, 0.25) is 0 Å². The summed E-state index contributed by atoms with van der Waals surface area (Å²) in [5.74, 6) is 6.73. The van der Waals surface area contributed by atoms with Crippen LogP contribution in [-0.2, 0) is 9.47 Å². The smallest absolute Gasteiger partial charge is 0.0510 e. The zero-order chi connectivity index (χ0) is 9.10. The van der Waals surface area contributed by atoms with E-state index in [9.17, 15) is 0 Å². The van der Waals surface area contributed by atoms with Gasteiger partial charge in [-0.15, -0.1) is 0 Å². The molecule has 2 rings (SSSR count). The van der Waals surface area contributed by atoms with E-state index in [1.54, 1.807) is 0 Å². The van der Waals surface area contributed by atoms with Crippen LogP contribution < -0.4 is 11.3 Å². The summed E-state index contributed by atoms with van der Waals surface area (Å²) in [6.45, 7) is 3.48. The van der Waals surface area contributed by atoms with E-state index in [0.717, 1.165) is 39.3 Å². The van der Waals surface area contributed by atoms with Crippen LogP contribution in [0.25, 0.3) is 0 Å². The fourth-order valence-corrected chi connectivity index (χ4v) is 2.33. The quantitative estimate of drug-likeness (QED) is 0.477. The molecule has 2 unspecified atom stereocenters. The van der Waals surface area contributed by atoms with Gasteiger partial charge in [-0.05, 0) is 12.8 Å². The molecule has 13 heavy (non-hydrogen) atoms. The van der Waals surface area contributed by atoms with Gasteiger partial charge in [-0.1, -0.05) is 0 Å². The lowest BCUT2D eigenvalue weighted by atomic mass is 9.87. The van der Waals surface area contributed by atoms with Gasteiger partial charge in [0.05, 0.1) is 13.2 Å². The van der Waals surface area contributed by atoms with E-state index in [0.29, 0.717) is 17.9 Å². The summed E-state index contributed by atoms with van der Waals surface area (Å²) in [4.78, 5) is 0. The van der Waals surface area contributed by atoms with Gasteiger partial charge in [-0.3, -0.25) is 11.3 Å². The zero-order valence-corrected chi connectivity index (χ0v) is 7.87. The molecular weight excluding hydrogens is 168 g/mol. The lowest BCUT2D eigenvalue weighted by Gasteiger charge is -2.26. The molecule has 2 fully saturated rings. The minimum Gasteiger partial charge on any atom is -0.381 e. The van der Waals surface area contributed by atoms with Crippen molar-refractivity contribution in [3.05, 3.63) is 0 Å². The van der Waals surface area contributed by atoms with Crippen molar-refractivity contribution < 1.29 is 9.47 Å². The molecule has 0 aliphatic carbocycles. The van der Waals surface area contributed by atoms with Crippen molar-refractivity contribution in [3.63, 3.8) is 0 Å². The summed E-state index contributed by atoms with van der Waals surface area (Å²) in [6, 6.07) is 0.380. The van der Waals surface area contributed by atoms with Crippen molar-refractivity contribution in [2.24, 2.45) is 17.7 Å². The Morgan fingerprint density at radius 1 is 1.08 bits per heavy atom. The average Bonchev–Trinajstić information content (AvgIpc) is 2.76. The second-order valence-corrected chi connectivity index (χ2v) is 3.94. The molecule has 2 saturated heterocycles. The van der Waals surface area contributed by atoms with E-state index in [-0.39, 0.29) is 0 Å². The number of ether oxygens (including phenoxy) is 2. The Bertz CT molecular complexity index is 138. The molecule has 4 nitrogen and oxygen atoms in total. The summed E-state index contributed by atoms with van der Waals surface area (Å²) < 4.78 is 10.7. The second-order valence-electron chi connectivity index (χ2n) is 3.94.